The van der Waals surface area contributed by atoms with E-state index in [0.29, 0.717) is 6.54 Å². The molecular formula is C15H28N4O2. The molecule has 0 fully saturated rings. The summed E-state index contributed by atoms with van der Waals surface area (Å²) in [5.41, 5.74) is 8.17. The Labute approximate surface area is 127 Å². The fourth-order valence-corrected chi connectivity index (χ4v) is 2.38. The molecule has 1 amide bonds. The summed E-state index contributed by atoms with van der Waals surface area (Å²) in [4.78, 5) is 11.9. The zero-order valence-corrected chi connectivity index (χ0v) is 14.2. The molecule has 0 saturated heterocycles. The summed E-state index contributed by atoms with van der Waals surface area (Å²) in [6, 6.07) is -0.0373. The van der Waals surface area contributed by atoms with Crippen LogP contribution in [0.15, 0.2) is 0 Å². The van der Waals surface area contributed by atoms with Crippen LogP contribution in [0.25, 0.3) is 0 Å². The number of aromatic nitrogens is 2. The van der Waals surface area contributed by atoms with Crippen molar-refractivity contribution in [1.82, 2.24) is 15.1 Å². The molecule has 1 rings (SSSR count). The molecule has 0 spiro atoms. The van der Waals surface area contributed by atoms with E-state index in [0.717, 1.165) is 17.0 Å². The summed E-state index contributed by atoms with van der Waals surface area (Å²) in [7, 11) is 0. The SMILES string of the molecule is Cc1nn(C(C)C)c(C)c1C(CN)NC(=O)OC(C)(C)C. The first-order chi connectivity index (χ1) is 9.56. The minimum atomic E-state index is -0.532. The van der Waals surface area contributed by atoms with Gasteiger partial charge in [0.05, 0.1) is 11.7 Å². The van der Waals surface area contributed by atoms with Crippen LogP contribution < -0.4 is 11.1 Å². The zero-order valence-electron chi connectivity index (χ0n) is 14.2. The van der Waals surface area contributed by atoms with Gasteiger partial charge in [-0.2, -0.15) is 5.10 Å². The average Bonchev–Trinajstić information content (AvgIpc) is 2.60. The Morgan fingerprint density at radius 3 is 2.33 bits per heavy atom. The van der Waals surface area contributed by atoms with E-state index in [4.69, 9.17) is 10.5 Å². The van der Waals surface area contributed by atoms with Gasteiger partial charge in [-0.15, -0.1) is 0 Å². The molecule has 0 radical (unpaired) electrons. The van der Waals surface area contributed by atoms with Crippen molar-refractivity contribution in [3.05, 3.63) is 17.0 Å². The fraction of sp³-hybridized carbons (Fsp3) is 0.733. The molecule has 3 N–H and O–H groups in total. The number of carbonyl (C=O) groups excluding carboxylic acids is 1. The maximum Gasteiger partial charge on any atom is 0.408 e. The maximum atomic E-state index is 11.9. The van der Waals surface area contributed by atoms with Crippen LogP contribution in [-0.4, -0.2) is 28.0 Å². The summed E-state index contributed by atoms with van der Waals surface area (Å²) >= 11 is 0. The molecule has 6 heteroatoms. The highest BCUT2D eigenvalue weighted by molar-refractivity contribution is 5.68. The average molecular weight is 296 g/mol. The highest BCUT2D eigenvalue weighted by Gasteiger charge is 2.24. The van der Waals surface area contributed by atoms with E-state index in [1.54, 1.807) is 0 Å². The van der Waals surface area contributed by atoms with Gasteiger partial charge >= 0.3 is 6.09 Å². The van der Waals surface area contributed by atoms with Crippen LogP contribution >= 0.6 is 0 Å². The third kappa shape index (κ3) is 4.46. The molecule has 0 aliphatic rings. The highest BCUT2D eigenvalue weighted by Crippen LogP contribution is 2.23. The van der Waals surface area contributed by atoms with Crippen LogP contribution in [0.1, 0.15) is 63.7 Å². The zero-order chi connectivity index (χ0) is 16.4. The number of nitrogens with one attached hydrogen (secondary N) is 1. The van der Waals surface area contributed by atoms with Gasteiger partial charge in [0.15, 0.2) is 0 Å². The Balaban J connectivity index is 2.98. The normalized spacial score (nSPS) is 13.4. The second-order valence-corrected chi connectivity index (χ2v) is 6.56. The van der Waals surface area contributed by atoms with Crippen LogP contribution in [0.4, 0.5) is 4.79 Å². The molecule has 1 unspecified atom stereocenters. The number of amides is 1. The smallest absolute Gasteiger partial charge is 0.408 e. The molecular weight excluding hydrogens is 268 g/mol. The summed E-state index contributed by atoms with van der Waals surface area (Å²) < 4.78 is 7.24. The molecule has 1 aromatic rings. The number of carbonyl (C=O) groups is 1. The van der Waals surface area contributed by atoms with Gasteiger partial charge in [-0.1, -0.05) is 0 Å². The van der Waals surface area contributed by atoms with Crippen molar-refractivity contribution >= 4 is 6.09 Å². The number of alkyl carbamates (subject to hydrolysis) is 1. The molecule has 1 heterocycles. The van der Waals surface area contributed by atoms with Crippen molar-refractivity contribution in [2.24, 2.45) is 5.73 Å². The molecule has 0 aliphatic carbocycles. The monoisotopic (exact) mass is 296 g/mol. The first-order valence-electron chi connectivity index (χ1n) is 7.32. The highest BCUT2D eigenvalue weighted by atomic mass is 16.6. The van der Waals surface area contributed by atoms with Gasteiger partial charge in [0, 0.05) is 23.8 Å². The van der Waals surface area contributed by atoms with Crippen molar-refractivity contribution in [3.63, 3.8) is 0 Å². The van der Waals surface area contributed by atoms with E-state index in [1.807, 2.05) is 39.3 Å². The Hall–Kier alpha value is -1.56. The molecule has 1 atom stereocenters. The van der Waals surface area contributed by atoms with Gasteiger partial charge in [-0.05, 0) is 48.5 Å². The van der Waals surface area contributed by atoms with Gasteiger partial charge in [0.25, 0.3) is 0 Å². The van der Waals surface area contributed by atoms with E-state index >= 15 is 0 Å². The second kappa shape index (κ2) is 6.47. The number of aryl methyl sites for hydroxylation is 1. The lowest BCUT2D eigenvalue weighted by atomic mass is 10.1. The van der Waals surface area contributed by atoms with Crippen LogP contribution in [-0.2, 0) is 4.74 Å². The summed E-state index contributed by atoms with van der Waals surface area (Å²) in [6.45, 7) is 13.9. The van der Waals surface area contributed by atoms with Crippen molar-refractivity contribution in [1.29, 1.82) is 0 Å². The molecule has 6 nitrogen and oxygen atoms in total. The van der Waals surface area contributed by atoms with Crippen molar-refractivity contribution in [2.45, 2.75) is 66.2 Å². The molecule has 1 aromatic heterocycles. The lowest BCUT2D eigenvalue weighted by Gasteiger charge is -2.23. The summed E-state index contributed by atoms with van der Waals surface area (Å²) in [5.74, 6) is 0. The molecule has 21 heavy (non-hydrogen) atoms. The van der Waals surface area contributed by atoms with E-state index in [1.165, 1.54) is 0 Å². The van der Waals surface area contributed by atoms with E-state index in [2.05, 4.69) is 24.3 Å². The number of nitrogens with two attached hydrogens (primary N) is 1. The topological polar surface area (TPSA) is 82.2 Å². The number of nitrogens with zero attached hydrogens (tertiary/aromatic N) is 2. The third-order valence-electron chi connectivity index (χ3n) is 3.15. The van der Waals surface area contributed by atoms with Crippen LogP contribution in [0.5, 0.6) is 0 Å². The minimum absolute atomic E-state index is 0.261. The van der Waals surface area contributed by atoms with E-state index < -0.39 is 11.7 Å². The van der Waals surface area contributed by atoms with E-state index in [-0.39, 0.29) is 12.1 Å². The Morgan fingerprint density at radius 1 is 1.38 bits per heavy atom. The fourth-order valence-electron chi connectivity index (χ4n) is 2.38. The van der Waals surface area contributed by atoms with Gasteiger partial charge in [-0.3, -0.25) is 4.68 Å². The van der Waals surface area contributed by atoms with Crippen molar-refractivity contribution in [2.75, 3.05) is 6.54 Å². The predicted octanol–water partition coefficient (Wildman–Crippen LogP) is 2.61. The molecule has 0 bridgehead atoms. The Kier molecular flexibility index (Phi) is 5.39. The van der Waals surface area contributed by atoms with Crippen molar-refractivity contribution in [3.8, 4) is 0 Å². The molecule has 0 saturated carbocycles. The van der Waals surface area contributed by atoms with Gasteiger partial charge in [0.2, 0.25) is 0 Å². The first-order valence-corrected chi connectivity index (χ1v) is 7.32. The lowest BCUT2D eigenvalue weighted by molar-refractivity contribution is 0.0505. The quantitative estimate of drug-likeness (QED) is 0.894. The predicted molar refractivity (Wildman–Crippen MR) is 83.3 cm³/mol. The molecule has 0 aliphatic heterocycles. The van der Waals surface area contributed by atoms with Crippen molar-refractivity contribution < 1.29 is 9.53 Å². The number of rotatable bonds is 4. The lowest BCUT2D eigenvalue weighted by Crippen LogP contribution is -2.38. The van der Waals surface area contributed by atoms with Crippen LogP contribution in [0, 0.1) is 13.8 Å². The molecule has 0 aromatic carbocycles. The molecule has 120 valence electrons. The Bertz CT molecular complexity index is 501. The summed E-state index contributed by atoms with van der Waals surface area (Å²) in [6.07, 6.45) is -0.464. The van der Waals surface area contributed by atoms with Gasteiger partial charge in [-0.25, -0.2) is 4.79 Å². The number of hydrogen-bond donors (Lipinski definition) is 2. The number of ether oxygens (including phenoxy) is 1. The van der Waals surface area contributed by atoms with Gasteiger partial charge < -0.3 is 15.8 Å². The minimum Gasteiger partial charge on any atom is -0.444 e. The van der Waals surface area contributed by atoms with E-state index in [9.17, 15) is 4.79 Å². The van der Waals surface area contributed by atoms with Crippen LogP contribution in [0.3, 0.4) is 0 Å². The number of hydrogen-bond acceptors (Lipinski definition) is 4. The van der Waals surface area contributed by atoms with Crippen LogP contribution in [0.2, 0.25) is 0 Å². The summed E-state index contributed by atoms with van der Waals surface area (Å²) in [5, 5.41) is 7.36. The third-order valence-corrected chi connectivity index (χ3v) is 3.15. The standard InChI is InChI=1S/C15H28N4O2/c1-9(2)19-11(4)13(10(3)18-19)12(8-16)17-14(20)21-15(5,6)7/h9,12H,8,16H2,1-7H3,(H,17,20). The van der Waals surface area contributed by atoms with Gasteiger partial charge in [0.1, 0.15) is 5.60 Å². The maximum absolute atomic E-state index is 11.9. The second-order valence-electron chi connectivity index (χ2n) is 6.56. The Morgan fingerprint density at radius 2 is 1.95 bits per heavy atom. The largest absolute Gasteiger partial charge is 0.444 e. The first kappa shape index (κ1) is 17.5.